The Morgan fingerprint density at radius 1 is 1.24 bits per heavy atom. The van der Waals surface area contributed by atoms with Gasteiger partial charge < -0.3 is 10.4 Å². The number of piperazine rings is 1. The smallest absolute Gasteiger partial charge is 0.475 e. The van der Waals surface area contributed by atoms with E-state index in [-0.39, 0.29) is 5.12 Å². The zero-order valence-electron chi connectivity index (χ0n) is 13.3. The third kappa shape index (κ3) is 6.02. The van der Waals surface area contributed by atoms with Crippen molar-refractivity contribution in [2.45, 2.75) is 23.9 Å². The van der Waals surface area contributed by atoms with Crippen molar-refractivity contribution in [3.63, 3.8) is 0 Å². The number of carbonyl (C=O) groups is 2. The monoisotopic (exact) mass is 376 g/mol. The van der Waals surface area contributed by atoms with Crippen LogP contribution in [0.1, 0.15) is 16.8 Å². The van der Waals surface area contributed by atoms with Crippen LogP contribution in [0.15, 0.2) is 30.3 Å². The van der Waals surface area contributed by atoms with E-state index in [4.69, 9.17) is 9.90 Å². The summed E-state index contributed by atoms with van der Waals surface area (Å²) in [7, 11) is 0. The van der Waals surface area contributed by atoms with Gasteiger partial charge in [-0.1, -0.05) is 42.1 Å². The molecule has 2 saturated heterocycles. The van der Waals surface area contributed by atoms with E-state index >= 15 is 0 Å². The number of benzene rings is 1. The number of aliphatic carboxylic acids is 1. The highest BCUT2D eigenvalue weighted by atomic mass is 32.2. The zero-order valence-corrected chi connectivity index (χ0v) is 14.1. The summed E-state index contributed by atoms with van der Waals surface area (Å²) in [6, 6.07) is 10.2. The maximum atomic E-state index is 12.1. The van der Waals surface area contributed by atoms with Crippen LogP contribution in [-0.4, -0.2) is 64.7 Å². The Balaban J connectivity index is 0.000000277. The van der Waals surface area contributed by atoms with Crippen LogP contribution in [-0.2, 0) is 4.79 Å². The van der Waals surface area contributed by atoms with Gasteiger partial charge in [-0.3, -0.25) is 9.69 Å². The van der Waals surface area contributed by atoms with Gasteiger partial charge >= 0.3 is 12.1 Å². The number of hydrogen-bond acceptors (Lipinski definition) is 5. The first-order valence-corrected chi connectivity index (χ1v) is 8.66. The Morgan fingerprint density at radius 2 is 1.88 bits per heavy atom. The molecule has 0 aromatic heterocycles. The van der Waals surface area contributed by atoms with E-state index in [0.717, 1.165) is 38.2 Å². The fourth-order valence-electron chi connectivity index (χ4n) is 2.79. The Hall–Kier alpha value is -1.58. The summed E-state index contributed by atoms with van der Waals surface area (Å²) in [5.41, 5.74) is 0.825. The lowest BCUT2D eigenvalue weighted by molar-refractivity contribution is -0.192. The number of rotatable bonds is 2. The van der Waals surface area contributed by atoms with Gasteiger partial charge in [0.25, 0.3) is 0 Å². The van der Waals surface area contributed by atoms with E-state index in [1.807, 2.05) is 30.3 Å². The van der Waals surface area contributed by atoms with Crippen LogP contribution in [0.5, 0.6) is 0 Å². The van der Waals surface area contributed by atoms with Gasteiger partial charge in [0.05, 0.1) is 0 Å². The van der Waals surface area contributed by atoms with Crippen LogP contribution in [0, 0.1) is 0 Å². The summed E-state index contributed by atoms with van der Waals surface area (Å²) in [6.45, 7) is 4.36. The molecule has 0 amide bonds. The van der Waals surface area contributed by atoms with E-state index in [9.17, 15) is 18.0 Å². The minimum atomic E-state index is -5.08. The molecule has 3 rings (SSSR count). The topological polar surface area (TPSA) is 69.6 Å². The van der Waals surface area contributed by atoms with E-state index in [1.54, 1.807) is 0 Å². The number of alkyl halides is 3. The molecular formula is C16H19F3N2O3S. The summed E-state index contributed by atoms with van der Waals surface area (Å²) in [6.07, 6.45) is -3.95. The standard InChI is InChI=1S/C14H18N2OS.C2HF3O2/c17-14(11-4-2-1-3-5-11)18-13-8-12-9-15-6-7-16(12)10-13;3-2(4,5)1(6)7/h1-5,12-13,15H,6-10H2;(H,6,7)/t12-,13-;/m0./s1. The van der Waals surface area contributed by atoms with Crippen LogP contribution in [0.3, 0.4) is 0 Å². The van der Waals surface area contributed by atoms with E-state index < -0.39 is 12.1 Å². The number of hydrogen-bond donors (Lipinski definition) is 2. The lowest BCUT2D eigenvalue weighted by Gasteiger charge is -2.29. The molecule has 1 aromatic rings. The van der Waals surface area contributed by atoms with Gasteiger partial charge in [0.15, 0.2) is 0 Å². The van der Waals surface area contributed by atoms with Crippen molar-refractivity contribution < 1.29 is 27.9 Å². The van der Waals surface area contributed by atoms with E-state index in [0.29, 0.717) is 11.3 Å². The van der Waals surface area contributed by atoms with Crippen LogP contribution in [0.2, 0.25) is 0 Å². The average Bonchev–Trinajstić information content (AvgIpc) is 2.97. The van der Waals surface area contributed by atoms with Crippen molar-refractivity contribution in [1.82, 2.24) is 10.2 Å². The Bertz CT molecular complexity index is 584. The molecule has 0 spiro atoms. The first-order valence-electron chi connectivity index (χ1n) is 7.78. The molecule has 25 heavy (non-hydrogen) atoms. The normalized spacial score (nSPS) is 23.3. The highest BCUT2D eigenvalue weighted by Crippen LogP contribution is 2.30. The van der Waals surface area contributed by atoms with Crippen LogP contribution in [0.25, 0.3) is 0 Å². The van der Waals surface area contributed by atoms with Crippen molar-refractivity contribution in [3.05, 3.63) is 35.9 Å². The molecule has 0 bridgehead atoms. The highest BCUT2D eigenvalue weighted by Gasteiger charge is 2.38. The molecule has 9 heteroatoms. The number of carboxylic acids is 1. The maximum absolute atomic E-state index is 12.1. The lowest BCUT2D eigenvalue weighted by atomic mass is 10.2. The molecule has 0 saturated carbocycles. The molecule has 2 N–H and O–H groups in total. The maximum Gasteiger partial charge on any atom is 0.490 e. The Labute approximate surface area is 147 Å². The molecule has 0 radical (unpaired) electrons. The molecule has 0 unspecified atom stereocenters. The van der Waals surface area contributed by atoms with Crippen LogP contribution < -0.4 is 5.32 Å². The van der Waals surface area contributed by atoms with Crippen LogP contribution in [0.4, 0.5) is 13.2 Å². The first-order chi connectivity index (χ1) is 11.8. The predicted octanol–water partition coefficient (Wildman–Crippen LogP) is 2.24. The van der Waals surface area contributed by atoms with Gasteiger partial charge in [-0.25, -0.2) is 4.79 Å². The van der Waals surface area contributed by atoms with E-state index in [1.165, 1.54) is 11.8 Å². The van der Waals surface area contributed by atoms with Gasteiger partial charge in [0, 0.05) is 43.0 Å². The fourth-order valence-corrected chi connectivity index (χ4v) is 3.95. The van der Waals surface area contributed by atoms with Crippen LogP contribution >= 0.6 is 11.8 Å². The number of halogens is 3. The molecule has 5 nitrogen and oxygen atoms in total. The minimum Gasteiger partial charge on any atom is -0.475 e. The molecule has 2 atom stereocenters. The quantitative estimate of drug-likeness (QED) is 0.825. The van der Waals surface area contributed by atoms with Crippen molar-refractivity contribution in [1.29, 1.82) is 0 Å². The number of fused-ring (bicyclic) bond motifs is 1. The molecule has 2 fully saturated rings. The Kier molecular flexibility index (Phi) is 6.86. The summed E-state index contributed by atoms with van der Waals surface area (Å²) in [5.74, 6) is -2.76. The molecule has 138 valence electrons. The number of carboxylic acid groups (broad SMARTS) is 1. The van der Waals surface area contributed by atoms with Gasteiger partial charge in [-0.2, -0.15) is 13.2 Å². The third-order valence-electron chi connectivity index (χ3n) is 3.97. The second-order valence-corrected chi connectivity index (χ2v) is 7.06. The molecule has 1 aromatic carbocycles. The number of nitrogens with one attached hydrogen (secondary N) is 1. The fraction of sp³-hybridized carbons (Fsp3) is 0.500. The predicted molar refractivity (Wildman–Crippen MR) is 88.7 cm³/mol. The average molecular weight is 376 g/mol. The van der Waals surface area contributed by atoms with Gasteiger partial charge in [-0.05, 0) is 6.42 Å². The largest absolute Gasteiger partial charge is 0.490 e. The number of thioether (sulfide) groups is 1. The summed E-state index contributed by atoms with van der Waals surface area (Å²) < 4.78 is 31.7. The van der Waals surface area contributed by atoms with Gasteiger partial charge in [-0.15, -0.1) is 0 Å². The second kappa shape index (κ2) is 8.68. The molecule has 2 heterocycles. The minimum absolute atomic E-state index is 0.216. The van der Waals surface area contributed by atoms with Crippen molar-refractivity contribution in [3.8, 4) is 0 Å². The molecular weight excluding hydrogens is 357 g/mol. The van der Waals surface area contributed by atoms with Gasteiger partial charge in [0.2, 0.25) is 5.12 Å². The Morgan fingerprint density at radius 3 is 2.44 bits per heavy atom. The summed E-state index contributed by atoms with van der Waals surface area (Å²) >= 11 is 1.52. The summed E-state index contributed by atoms with van der Waals surface area (Å²) in [5, 5.41) is 11.2. The summed E-state index contributed by atoms with van der Waals surface area (Å²) in [4.78, 5) is 23.6. The highest BCUT2D eigenvalue weighted by molar-refractivity contribution is 8.14. The number of carbonyl (C=O) groups excluding carboxylic acids is 1. The third-order valence-corrected chi connectivity index (χ3v) is 5.10. The lowest BCUT2D eigenvalue weighted by Crippen LogP contribution is -2.47. The van der Waals surface area contributed by atoms with Crippen molar-refractivity contribution in [2.24, 2.45) is 0 Å². The van der Waals surface area contributed by atoms with Crippen molar-refractivity contribution in [2.75, 3.05) is 26.2 Å². The molecule has 2 aliphatic rings. The van der Waals surface area contributed by atoms with Gasteiger partial charge in [0.1, 0.15) is 0 Å². The zero-order chi connectivity index (χ0) is 18.4. The second-order valence-electron chi connectivity index (χ2n) is 5.78. The van der Waals surface area contributed by atoms with E-state index in [2.05, 4.69) is 10.2 Å². The first kappa shape index (κ1) is 19.7. The SMILES string of the molecule is O=C(O)C(F)(F)F.O=C(S[C@H]1C[C@H]2CNCCN2C1)c1ccccc1. The molecule has 0 aliphatic carbocycles. The van der Waals surface area contributed by atoms with Crippen molar-refractivity contribution >= 4 is 22.8 Å². The molecule has 2 aliphatic heterocycles. The number of nitrogens with zero attached hydrogens (tertiary/aromatic N) is 1.